The number of ether oxygens (including phenoxy) is 1. The summed E-state index contributed by atoms with van der Waals surface area (Å²) in [5.41, 5.74) is 2.69. The molecule has 7 nitrogen and oxygen atoms in total. The number of carbonyl (C=O) groups is 2. The number of amides is 2. The fourth-order valence-corrected chi connectivity index (χ4v) is 3.81. The van der Waals surface area contributed by atoms with E-state index in [2.05, 4.69) is 14.1 Å². The lowest BCUT2D eigenvalue weighted by molar-refractivity contribution is -0.127. The van der Waals surface area contributed by atoms with Crippen molar-refractivity contribution in [2.75, 3.05) is 23.4 Å². The maximum Gasteiger partial charge on any atom is 0.255 e. The first-order valence-corrected chi connectivity index (χ1v) is 10.2. The Hall–Kier alpha value is -3.00. The molecule has 1 aliphatic rings. The normalized spacial score (nSPS) is 15.6. The predicted molar refractivity (Wildman–Crippen MR) is 114 cm³/mol. The van der Waals surface area contributed by atoms with E-state index < -0.39 is 5.41 Å². The quantitative estimate of drug-likeness (QED) is 0.700. The minimum absolute atomic E-state index is 0.0417. The van der Waals surface area contributed by atoms with Crippen molar-refractivity contribution in [3.8, 4) is 5.75 Å². The van der Waals surface area contributed by atoms with Crippen LogP contribution in [0.2, 0.25) is 0 Å². The number of fused-ring (bicyclic) bond motifs is 2. The highest BCUT2D eigenvalue weighted by molar-refractivity contribution is 7.00. The molecule has 0 fully saturated rings. The summed E-state index contributed by atoms with van der Waals surface area (Å²) in [4.78, 5) is 27.4. The smallest absolute Gasteiger partial charge is 0.255 e. The summed E-state index contributed by atoms with van der Waals surface area (Å²) < 4.78 is 14.3. The number of hydrogen-bond donors (Lipinski definition) is 1. The summed E-state index contributed by atoms with van der Waals surface area (Å²) in [6, 6.07) is 10.6. The Labute approximate surface area is 173 Å². The van der Waals surface area contributed by atoms with Gasteiger partial charge in [0.2, 0.25) is 5.91 Å². The first-order chi connectivity index (χ1) is 13.9. The fraction of sp³-hybridized carbons (Fsp3) is 0.333. The van der Waals surface area contributed by atoms with E-state index in [1.54, 1.807) is 35.2 Å². The van der Waals surface area contributed by atoms with Crippen LogP contribution in [-0.2, 0) is 4.79 Å². The zero-order valence-electron chi connectivity index (χ0n) is 16.6. The average molecular weight is 410 g/mol. The fourth-order valence-electron chi connectivity index (χ4n) is 3.30. The van der Waals surface area contributed by atoms with Crippen LogP contribution in [0.3, 0.4) is 0 Å². The molecule has 0 radical (unpaired) electrons. The van der Waals surface area contributed by atoms with Gasteiger partial charge in [0.05, 0.1) is 22.8 Å². The van der Waals surface area contributed by atoms with Crippen molar-refractivity contribution < 1.29 is 14.3 Å². The SMILES string of the molecule is CCCN1C(=O)C(C)(C)COc2cc(NC(=O)c3ccc4nsnc4c3)ccc21. The van der Waals surface area contributed by atoms with E-state index in [4.69, 9.17) is 4.74 Å². The van der Waals surface area contributed by atoms with Crippen molar-refractivity contribution in [1.82, 2.24) is 8.75 Å². The molecule has 2 heterocycles. The van der Waals surface area contributed by atoms with Crippen LogP contribution < -0.4 is 15.0 Å². The van der Waals surface area contributed by atoms with Gasteiger partial charge in [0, 0.05) is 23.9 Å². The maximum atomic E-state index is 12.9. The zero-order chi connectivity index (χ0) is 20.6. The second-order valence-electron chi connectivity index (χ2n) is 7.73. The van der Waals surface area contributed by atoms with Crippen molar-refractivity contribution in [2.45, 2.75) is 27.2 Å². The van der Waals surface area contributed by atoms with Gasteiger partial charge in [0.1, 0.15) is 23.4 Å². The van der Waals surface area contributed by atoms with E-state index in [0.29, 0.717) is 29.1 Å². The molecule has 0 aliphatic carbocycles. The standard InChI is InChI=1S/C21H22N4O3S/c1-4-9-25-17-8-6-14(11-18(17)28-12-21(2,3)20(25)27)22-19(26)13-5-7-15-16(10-13)24-29-23-15/h5-8,10-11H,4,9,12H2,1-3H3,(H,22,26). The molecular formula is C21H22N4O3S. The number of nitrogens with zero attached hydrogens (tertiary/aromatic N) is 3. The zero-order valence-corrected chi connectivity index (χ0v) is 17.4. The highest BCUT2D eigenvalue weighted by atomic mass is 32.1. The Morgan fingerprint density at radius 3 is 2.79 bits per heavy atom. The third kappa shape index (κ3) is 3.67. The van der Waals surface area contributed by atoms with Crippen molar-refractivity contribution in [3.05, 3.63) is 42.0 Å². The van der Waals surface area contributed by atoms with E-state index in [0.717, 1.165) is 29.4 Å². The van der Waals surface area contributed by atoms with Gasteiger partial charge in [-0.05, 0) is 50.6 Å². The molecule has 1 aliphatic heterocycles. The average Bonchev–Trinajstić information content (AvgIpc) is 3.15. The molecule has 0 atom stereocenters. The minimum atomic E-state index is -0.616. The molecule has 2 aromatic carbocycles. The van der Waals surface area contributed by atoms with Crippen LogP contribution in [0, 0.1) is 5.41 Å². The molecule has 0 saturated heterocycles. The highest BCUT2D eigenvalue weighted by Crippen LogP contribution is 2.38. The van der Waals surface area contributed by atoms with Crippen LogP contribution in [0.15, 0.2) is 36.4 Å². The second-order valence-corrected chi connectivity index (χ2v) is 8.26. The third-order valence-corrected chi connectivity index (χ3v) is 5.44. The van der Waals surface area contributed by atoms with Crippen molar-refractivity contribution in [3.63, 3.8) is 0 Å². The number of aromatic nitrogens is 2. The minimum Gasteiger partial charge on any atom is -0.490 e. The van der Waals surface area contributed by atoms with Crippen LogP contribution >= 0.6 is 11.7 Å². The van der Waals surface area contributed by atoms with E-state index in [1.807, 2.05) is 26.8 Å². The number of nitrogens with one attached hydrogen (secondary N) is 1. The molecule has 0 bridgehead atoms. The first kappa shape index (κ1) is 19.3. The van der Waals surface area contributed by atoms with Crippen LogP contribution in [0.1, 0.15) is 37.6 Å². The van der Waals surface area contributed by atoms with E-state index in [1.165, 1.54) is 0 Å². The Balaban J connectivity index is 1.61. The molecule has 4 rings (SSSR count). The monoisotopic (exact) mass is 410 g/mol. The molecule has 2 amide bonds. The third-order valence-electron chi connectivity index (χ3n) is 4.88. The van der Waals surface area contributed by atoms with Crippen molar-refractivity contribution >= 4 is 46.0 Å². The molecule has 29 heavy (non-hydrogen) atoms. The second kappa shape index (κ2) is 7.44. The lowest BCUT2D eigenvalue weighted by atomic mass is 9.93. The van der Waals surface area contributed by atoms with Gasteiger partial charge in [-0.15, -0.1) is 0 Å². The molecule has 1 aromatic heterocycles. The van der Waals surface area contributed by atoms with E-state index >= 15 is 0 Å². The Morgan fingerprint density at radius 1 is 1.21 bits per heavy atom. The summed E-state index contributed by atoms with van der Waals surface area (Å²) >= 11 is 1.12. The van der Waals surface area contributed by atoms with Crippen molar-refractivity contribution in [2.24, 2.45) is 5.41 Å². The number of benzene rings is 2. The highest BCUT2D eigenvalue weighted by Gasteiger charge is 2.37. The van der Waals surface area contributed by atoms with Gasteiger partial charge >= 0.3 is 0 Å². The molecule has 150 valence electrons. The maximum absolute atomic E-state index is 12.9. The molecule has 0 unspecified atom stereocenters. The van der Waals surface area contributed by atoms with Gasteiger partial charge in [-0.25, -0.2) is 0 Å². The van der Waals surface area contributed by atoms with Gasteiger partial charge in [-0.1, -0.05) is 6.92 Å². The van der Waals surface area contributed by atoms with Gasteiger partial charge in [0.15, 0.2) is 0 Å². The summed E-state index contributed by atoms with van der Waals surface area (Å²) in [7, 11) is 0. The summed E-state index contributed by atoms with van der Waals surface area (Å²) in [5, 5.41) is 2.90. The molecule has 0 saturated carbocycles. The Kier molecular flexibility index (Phi) is 4.96. The number of anilines is 2. The predicted octanol–water partition coefficient (Wildman–Crippen LogP) is 4.11. The van der Waals surface area contributed by atoms with E-state index in [-0.39, 0.29) is 18.4 Å². The van der Waals surface area contributed by atoms with Crippen molar-refractivity contribution in [1.29, 1.82) is 0 Å². The number of hydrogen-bond acceptors (Lipinski definition) is 6. The molecular weight excluding hydrogens is 388 g/mol. The first-order valence-electron chi connectivity index (χ1n) is 9.51. The molecule has 3 aromatic rings. The topological polar surface area (TPSA) is 84.4 Å². The van der Waals surface area contributed by atoms with Crippen LogP contribution in [-0.4, -0.2) is 33.7 Å². The van der Waals surface area contributed by atoms with Gasteiger partial charge in [-0.3, -0.25) is 9.59 Å². The largest absolute Gasteiger partial charge is 0.490 e. The Morgan fingerprint density at radius 2 is 2.00 bits per heavy atom. The lowest BCUT2D eigenvalue weighted by Crippen LogP contribution is -2.42. The summed E-state index contributed by atoms with van der Waals surface area (Å²) in [6.07, 6.45) is 0.841. The summed E-state index contributed by atoms with van der Waals surface area (Å²) in [5.74, 6) is 0.393. The summed E-state index contributed by atoms with van der Waals surface area (Å²) in [6.45, 7) is 6.71. The molecule has 8 heteroatoms. The number of rotatable bonds is 4. The van der Waals surface area contributed by atoms with Gasteiger partial charge in [0.25, 0.3) is 5.91 Å². The van der Waals surface area contributed by atoms with Crippen LogP contribution in [0.4, 0.5) is 11.4 Å². The van der Waals surface area contributed by atoms with Crippen LogP contribution in [0.5, 0.6) is 5.75 Å². The number of carbonyl (C=O) groups excluding carboxylic acids is 2. The van der Waals surface area contributed by atoms with Gasteiger partial charge < -0.3 is 15.0 Å². The lowest BCUT2D eigenvalue weighted by Gasteiger charge is -2.27. The Bertz CT molecular complexity index is 1090. The van der Waals surface area contributed by atoms with Gasteiger partial charge in [-0.2, -0.15) is 8.75 Å². The van der Waals surface area contributed by atoms with E-state index in [9.17, 15) is 9.59 Å². The van der Waals surface area contributed by atoms with Crippen LogP contribution in [0.25, 0.3) is 11.0 Å². The molecule has 0 spiro atoms. The molecule has 1 N–H and O–H groups in total.